The molecular weight excluding hydrogens is 653 g/mol. The van der Waals surface area contributed by atoms with Crippen LogP contribution in [-0.2, 0) is 9.53 Å². The van der Waals surface area contributed by atoms with E-state index in [4.69, 9.17) is 9.72 Å². The van der Waals surface area contributed by atoms with Gasteiger partial charge in [0.2, 0.25) is 0 Å². The lowest BCUT2D eigenvalue weighted by atomic mass is 9.84. The van der Waals surface area contributed by atoms with E-state index in [1.807, 2.05) is 31.4 Å². The summed E-state index contributed by atoms with van der Waals surface area (Å²) >= 11 is 3.63. The van der Waals surface area contributed by atoms with Crippen molar-refractivity contribution >= 4 is 55.0 Å². The molecule has 1 unspecified atom stereocenters. The van der Waals surface area contributed by atoms with Crippen LogP contribution >= 0.6 is 22.7 Å². The third kappa shape index (κ3) is 6.19. The third-order valence-corrected chi connectivity index (χ3v) is 12.5. The van der Waals surface area contributed by atoms with Crippen molar-refractivity contribution in [2.45, 2.75) is 64.0 Å². The molecule has 8 rings (SSSR count). The van der Waals surface area contributed by atoms with Gasteiger partial charge in [0.15, 0.2) is 5.78 Å². The molecule has 1 saturated carbocycles. The van der Waals surface area contributed by atoms with Gasteiger partial charge in [-0.3, -0.25) is 4.79 Å². The summed E-state index contributed by atoms with van der Waals surface area (Å²) in [5.74, 6) is 1.69. The Morgan fingerprint density at radius 2 is 1.61 bits per heavy atom. The number of methoxy groups -OCH3 is 1. The number of H-pyrrole nitrogens is 2. The molecule has 2 aromatic carbocycles. The first-order chi connectivity index (χ1) is 23.8. The van der Waals surface area contributed by atoms with Crippen molar-refractivity contribution in [2.24, 2.45) is 11.8 Å². The number of carbonyl (C=O) groups excluding carboxylic acids is 2. The second kappa shape index (κ2) is 13.2. The van der Waals surface area contributed by atoms with Gasteiger partial charge < -0.3 is 25.3 Å². The van der Waals surface area contributed by atoms with E-state index in [-0.39, 0.29) is 23.5 Å². The summed E-state index contributed by atoms with van der Waals surface area (Å²) in [6.45, 7) is 4.95. The lowest BCUT2D eigenvalue weighted by molar-refractivity contribution is -0.126. The number of fused-ring (bicyclic) bond motifs is 2. The highest BCUT2D eigenvalue weighted by Gasteiger charge is 2.40. The summed E-state index contributed by atoms with van der Waals surface area (Å²) < 4.78 is 7.34. The van der Waals surface area contributed by atoms with Crippen molar-refractivity contribution in [1.29, 1.82) is 0 Å². The number of aromatic amines is 2. The quantitative estimate of drug-likeness (QED) is 0.120. The summed E-state index contributed by atoms with van der Waals surface area (Å²) in [6.07, 6.45) is 6.32. The zero-order chi connectivity index (χ0) is 33.6. The Morgan fingerprint density at radius 1 is 0.878 bits per heavy atom. The van der Waals surface area contributed by atoms with E-state index in [1.165, 1.54) is 38.2 Å². The van der Waals surface area contributed by atoms with Crippen molar-refractivity contribution in [3.63, 3.8) is 0 Å². The Labute approximate surface area is 292 Å². The lowest BCUT2D eigenvalue weighted by Gasteiger charge is -2.26. The minimum atomic E-state index is -0.587. The molecule has 1 aliphatic carbocycles. The fourth-order valence-corrected chi connectivity index (χ4v) is 9.88. The van der Waals surface area contributed by atoms with Crippen molar-refractivity contribution in [3.8, 4) is 32.1 Å². The van der Waals surface area contributed by atoms with Crippen LogP contribution in [-0.4, -0.2) is 51.5 Å². The molecule has 49 heavy (non-hydrogen) atoms. The molecule has 0 radical (unpaired) electrons. The zero-order valence-electron chi connectivity index (χ0n) is 27.8. The molecule has 0 bridgehead atoms. The maximum Gasteiger partial charge on any atom is 0.407 e. The van der Waals surface area contributed by atoms with E-state index in [2.05, 4.69) is 80.2 Å². The fraction of sp³-hybridized carbons (Fsp3) is 0.368. The second-order valence-electron chi connectivity index (χ2n) is 13.6. The van der Waals surface area contributed by atoms with Crippen LogP contribution in [0.15, 0.2) is 60.8 Å². The molecule has 4 aromatic heterocycles. The molecule has 9 nitrogen and oxygen atoms in total. The Morgan fingerprint density at radius 3 is 2.33 bits per heavy atom. The first-order valence-electron chi connectivity index (χ1n) is 17.2. The molecule has 0 spiro atoms. The average Bonchev–Trinajstić information content (AvgIpc) is 3.95. The van der Waals surface area contributed by atoms with Gasteiger partial charge in [-0.05, 0) is 79.1 Å². The molecular formula is C38H40N6O3S2. The molecule has 1 saturated heterocycles. The highest BCUT2D eigenvalue weighted by atomic mass is 32.1. The number of carbonyl (C=O) groups is 2. The van der Waals surface area contributed by atoms with Gasteiger partial charge in [-0.25, -0.2) is 14.8 Å². The van der Waals surface area contributed by atoms with E-state index in [0.29, 0.717) is 6.04 Å². The van der Waals surface area contributed by atoms with Gasteiger partial charge in [0.1, 0.15) is 11.6 Å². The van der Waals surface area contributed by atoms with Gasteiger partial charge in [0.05, 0.1) is 42.1 Å². The van der Waals surface area contributed by atoms with Crippen molar-refractivity contribution in [3.05, 3.63) is 72.4 Å². The van der Waals surface area contributed by atoms with Gasteiger partial charge in [0.25, 0.3) is 0 Å². The molecule has 252 valence electrons. The summed E-state index contributed by atoms with van der Waals surface area (Å²) in [6, 6.07) is 19.5. The molecule has 4 N–H and O–H groups in total. The molecule has 2 aliphatic rings. The SMILES string of the molecule is COC(=O)N[C@H](C(=O)C1CCC[C@H]1c1nc2ccc(-c3cc4sc(-c5ccc(-c6cnc([C@@H]7CCCN7)[nH]6)cc5)cc4s3)cc2[nH]1)C(C)C. The van der Waals surface area contributed by atoms with Gasteiger partial charge >= 0.3 is 6.09 Å². The van der Waals surface area contributed by atoms with Crippen LogP contribution in [0, 0.1) is 11.8 Å². The molecule has 2 fully saturated rings. The molecule has 5 heterocycles. The monoisotopic (exact) mass is 692 g/mol. The topological polar surface area (TPSA) is 125 Å². The number of alkyl carbamates (subject to hydrolysis) is 1. The van der Waals surface area contributed by atoms with Crippen LogP contribution in [0.4, 0.5) is 4.79 Å². The number of aromatic nitrogens is 4. The number of benzene rings is 2. The smallest absolute Gasteiger partial charge is 0.407 e. The Balaban J connectivity index is 0.985. The number of rotatable bonds is 9. The number of ether oxygens (including phenoxy) is 1. The lowest BCUT2D eigenvalue weighted by Crippen LogP contribution is -2.47. The van der Waals surface area contributed by atoms with Crippen LogP contribution in [0.3, 0.4) is 0 Å². The second-order valence-corrected chi connectivity index (χ2v) is 15.8. The Kier molecular flexibility index (Phi) is 8.59. The Hall–Kier alpha value is -4.32. The highest BCUT2D eigenvalue weighted by molar-refractivity contribution is 7.31. The van der Waals surface area contributed by atoms with Crippen LogP contribution in [0.5, 0.6) is 0 Å². The normalized spacial score (nSPS) is 20.0. The number of Topliss-reactive ketones (excluding diaryl/α,β-unsaturated/α-hetero) is 1. The van der Waals surface area contributed by atoms with E-state index >= 15 is 0 Å². The van der Waals surface area contributed by atoms with Gasteiger partial charge in [-0.2, -0.15) is 0 Å². The predicted molar refractivity (Wildman–Crippen MR) is 197 cm³/mol. The van der Waals surface area contributed by atoms with E-state index in [0.717, 1.165) is 71.7 Å². The van der Waals surface area contributed by atoms with Gasteiger partial charge in [-0.15, -0.1) is 22.7 Å². The van der Waals surface area contributed by atoms with Crippen LogP contribution in [0.25, 0.3) is 52.6 Å². The van der Waals surface area contributed by atoms with E-state index < -0.39 is 12.1 Å². The molecule has 11 heteroatoms. The number of amides is 1. The first-order valence-corrected chi connectivity index (χ1v) is 18.8. The molecule has 1 amide bonds. The highest BCUT2D eigenvalue weighted by Crippen LogP contribution is 2.44. The molecule has 4 atom stereocenters. The summed E-state index contributed by atoms with van der Waals surface area (Å²) in [5, 5.41) is 6.27. The van der Waals surface area contributed by atoms with Crippen molar-refractivity contribution in [2.75, 3.05) is 13.7 Å². The minimum absolute atomic E-state index is 0.00482. The number of nitrogens with one attached hydrogen (secondary N) is 4. The summed E-state index contributed by atoms with van der Waals surface area (Å²) in [4.78, 5) is 44.7. The first kappa shape index (κ1) is 31.9. The van der Waals surface area contributed by atoms with Crippen LogP contribution < -0.4 is 10.6 Å². The maximum absolute atomic E-state index is 13.7. The largest absolute Gasteiger partial charge is 0.453 e. The maximum atomic E-state index is 13.7. The summed E-state index contributed by atoms with van der Waals surface area (Å²) in [7, 11) is 1.32. The van der Waals surface area contributed by atoms with Crippen molar-refractivity contribution < 1.29 is 14.3 Å². The predicted octanol–water partition coefficient (Wildman–Crippen LogP) is 8.82. The van der Waals surface area contributed by atoms with E-state index in [1.54, 1.807) is 11.3 Å². The number of ketones is 1. The van der Waals surface area contributed by atoms with Gasteiger partial charge in [0, 0.05) is 31.0 Å². The fourth-order valence-electron chi connectivity index (χ4n) is 7.48. The van der Waals surface area contributed by atoms with Gasteiger partial charge in [-0.1, -0.05) is 50.6 Å². The zero-order valence-corrected chi connectivity index (χ0v) is 29.5. The summed E-state index contributed by atoms with van der Waals surface area (Å²) in [5.41, 5.74) is 6.43. The number of nitrogens with zero attached hydrogens (tertiary/aromatic N) is 2. The average molecular weight is 693 g/mol. The van der Waals surface area contributed by atoms with Crippen molar-refractivity contribution in [1.82, 2.24) is 30.6 Å². The molecule has 1 aliphatic heterocycles. The number of hydrogen-bond acceptors (Lipinski definition) is 8. The number of imidazole rings is 2. The van der Waals surface area contributed by atoms with Crippen LogP contribution in [0.1, 0.15) is 69.6 Å². The molecule has 6 aromatic rings. The van der Waals surface area contributed by atoms with E-state index in [9.17, 15) is 9.59 Å². The number of hydrogen-bond donors (Lipinski definition) is 4. The minimum Gasteiger partial charge on any atom is -0.453 e. The Bertz CT molecular complexity index is 2100. The standard InChI is InChI=1S/C38H40N6O3S2/c1-20(2)34(44-38(46)47-3)35(45)24-6-4-7-25(24)36-41-26-14-13-23(16-28(26)42-36)31-18-33-32(49-31)17-30(48-33)22-11-9-21(10-12-22)29-19-40-37(43-29)27-8-5-15-39-27/h9-14,16-20,24-25,27,34,39H,4-8,15H2,1-3H3,(H,40,43)(H,41,42)(H,44,46)/t24?,25-,27+,34+/m1/s1. The number of thiophene rings is 2. The third-order valence-electron chi connectivity index (χ3n) is 10.1. The van der Waals surface area contributed by atoms with Crippen LogP contribution in [0.2, 0.25) is 0 Å².